The molecule has 0 aromatic heterocycles. The molecule has 0 fully saturated rings. The number of urea groups is 1. The van der Waals surface area contributed by atoms with E-state index in [9.17, 15) is 9.90 Å². The molecule has 0 spiro atoms. The second-order valence-electron chi connectivity index (χ2n) is 7.49. The summed E-state index contributed by atoms with van der Waals surface area (Å²) in [5, 5.41) is 15.2. The van der Waals surface area contributed by atoms with Crippen molar-refractivity contribution in [1.29, 1.82) is 0 Å². The van der Waals surface area contributed by atoms with Crippen LogP contribution in [0.15, 0.2) is 24.3 Å². The quantitative estimate of drug-likeness (QED) is 0.313. The fraction of sp³-hybridized carbons (Fsp3) is 0.696. The van der Waals surface area contributed by atoms with Gasteiger partial charge in [0.2, 0.25) is 0 Å². The van der Waals surface area contributed by atoms with Gasteiger partial charge in [0.05, 0.1) is 0 Å². The smallest absolute Gasteiger partial charge is 0.314 e. The van der Waals surface area contributed by atoms with Gasteiger partial charge in [0.25, 0.3) is 0 Å². The van der Waals surface area contributed by atoms with Gasteiger partial charge in [-0.2, -0.15) is 0 Å². The number of phenols is 1. The second kappa shape index (κ2) is 16.5. The van der Waals surface area contributed by atoms with E-state index in [4.69, 9.17) is 0 Å². The molecule has 1 aromatic carbocycles. The van der Waals surface area contributed by atoms with Crippen molar-refractivity contribution in [2.45, 2.75) is 90.4 Å². The molecule has 0 unspecified atom stereocenters. The number of carbonyl (C=O) groups is 1. The molecule has 0 bridgehead atoms. The zero-order valence-electron chi connectivity index (χ0n) is 17.3. The summed E-state index contributed by atoms with van der Waals surface area (Å²) in [6.07, 6.45) is 15.8. The van der Waals surface area contributed by atoms with Crippen LogP contribution in [0.2, 0.25) is 0 Å². The Balaban J connectivity index is 1.82. The predicted octanol–water partition coefficient (Wildman–Crippen LogP) is 5.94. The molecule has 154 valence electrons. The van der Waals surface area contributed by atoms with E-state index >= 15 is 0 Å². The lowest BCUT2D eigenvalue weighted by Gasteiger charge is -2.08. The Morgan fingerprint density at radius 2 is 1.22 bits per heavy atom. The molecule has 27 heavy (non-hydrogen) atoms. The summed E-state index contributed by atoms with van der Waals surface area (Å²) < 4.78 is 0. The molecular formula is C23H40N2O2. The summed E-state index contributed by atoms with van der Waals surface area (Å²) in [5.41, 5.74) is 1.27. The molecule has 3 N–H and O–H groups in total. The Morgan fingerprint density at radius 3 is 1.78 bits per heavy atom. The number of hydrogen-bond acceptors (Lipinski definition) is 2. The largest absolute Gasteiger partial charge is 0.508 e. The maximum Gasteiger partial charge on any atom is 0.314 e. The summed E-state index contributed by atoms with van der Waals surface area (Å²) in [6, 6.07) is 7.42. The number of hydrogen-bond donors (Lipinski definition) is 3. The first-order valence-corrected chi connectivity index (χ1v) is 11.0. The van der Waals surface area contributed by atoms with Crippen LogP contribution in [-0.2, 0) is 6.42 Å². The number of benzene rings is 1. The van der Waals surface area contributed by atoms with Crippen LogP contribution >= 0.6 is 0 Å². The molecule has 0 atom stereocenters. The Kier molecular flexibility index (Phi) is 14.2. The Labute approximate surface area is 166 Å². The SMILES string of the molecule is CCCCCCCCCCNC(=O)NCCCCCCc1ccc(O)cc1. The highest BCUT2D eigenvalue weighted by Crippen LogP contribution is 2.12. The van der Waals surface area contributed by atoms with Gasteiger partial charge in [0.1, 0.15) is 5.75 Å². The van der Waals surface area contributed by atoms with E-state index in [1.54, 1.807) is 12.1 Å². The van der Waals surface area contributed by atoms with E-state index in [0.29, 0.717) is 5.75 Å². The van der Waals surface area contributed by atoms with Crippen molar-refractivity contribution >= 4 is 6.03 Å². The summed E-state index contributed by atoms with van der Waals surface area (Å²) in [4.78, 5) is 11.7. The van der Waals surface area contributed by atoms with E-state index in [0.717, 1.165) is 45.2 Å². The average molecular weight is 377 g/mol. The van der Waals surface area contributed by atoms with Gasteiger partial charge in [-0.3, -0.25) is 0 Å². The van der Waals surface area contributed by atoms with Crippen LogP contribution in [0.3, 0.4) is 0 Å². The van der Waals surface area contributed by atoms with Crippen molar-refractivity contribution in [3.05, 3.63) is 29.8 Å². The summed E-state index contributed by atoms with van der Waals surface area (Å²) in [7, 11) is 0. The van der Waals surface area contributed by atoms with Crippen LogP contribution in [0.1, 0.15) is 89.5 Å². The average Bonchev–Trinajstić information content (AvgIpc) is 2.67. The first-order valence-electron chi connectivity index (χ1n) is 11.0. The van der Waals surface area contributed by atoms with Crippen molar-refractivity contribution in [3.63, 3.8) is 0 Å². The van der Waals surface area contributed by atoms with Crippen LogP contribution in [-0.4, -0.2) is 24.2 Å². The zero-order chi connectivity index (χ0) is 19.6. The van der Waals surface area contributed by atoms with Gasteiger partial charge in [-0.05, 0) is 43.4 Å². The fourth-order valence-electron chi connectivity index (χ4n) is 3.20. The first kappa shape index (κ1) is 23.3. The van der Waals surface area contributed by atoms with Crippen LogP contribution in [0.4, 0.5) is 4.79 Å². The minimum absolute atomic E-state index is 0.0259. The molecule has 4 nitrogen and oxygen atoms in total. The number of aryl methyl sites for hydroxylation is 1. The predicted molar refractivity (Wildman–Crippen MR) is 114 cm³/mol. The number of aromatic hydroxyl groups is 1. The third-order valence-corrected chi connectivity index (χ3v) is 4.93. The fourth-order valence-corrected chi connectivity index (χ4v) is 3.20. The van der Waals surface area contributed by atoms with Crippen LogP contribution in [0.25, 0.3) is 0 Å². The zero-order valence-corrected chi connectivity index (χ0v) is 17.3. The van der Waals surface area contributed by atoms with Crippen molar-refractivity contribution < 1.29 is 9.90 Å². The first-order chi connectivity index (χ1) is 13.2. The van der Waals surface area contributed by atoms with Gasteiger partial charge in [-0.25, -0.2) is 4.79 Å². The van der Waals surface area contributed by atoms with Crippen LogP contribution < -0.4 is 10.6 Å². The van der Waals surface area contributed by atoms with Gasteiger partial charge in [0.15, 0.2) is 0 Å². The van der Waals surface area contributed by atoms with Gasteiger partial charge in [-0.1, -0.05) is 76.8 Å². The minimum Gasteiger partial charge on any atom is -0.508 e. The van der Waals surface area contributed by atoms with Gasteiger partial charge < -0.3 is 15.7 Å². The molecule has 4 heteroatoms. The molecule has 0 aliphatic rings. The van der Waals surface area contributed by atoms with Crippen molar-refractivity contribution in [1.82, 2.24) is 10.6 Å². The molecule has 0 radical (unpaired) electrons. The van der Waals surface area contributed by atoms with E-state index < -0.39 is 0 Å². The Morgan fingerprint density at radius 1 is 0.741 bits per heavy atom. The molecule has 1 aromatic rings. The monoisotopic (exact) mass is 376 g/mol. The lowest BCUT2D eigenvalue weighted by Crippen LogP contribution is -2.36. The third kappa shape index (κ3) is 14.1. The highest BCUT2D eigenvalue weighted by Gasteiger charge is 1.99. The molecule has 0 aliphatic carbocycles. The lowest BCUT2D eigenvalue weighted by molar-refractivity contribution is 0.240. The summed E-state index contributed by atoms with van der Waals surface area (Å²) in [6.45, 7) is 3.78. The second-order valence-corrected chi connectivity index (χ2v) is 7.49. The molecule has 2 amide bonds. The van der Waals surface area contributed by atoms with Crippen molar-refractivity contribution in [2.75, 3.05) is 13.1 Å². The lowest BCUT2D eigenvalue weighted by atomic mass is 10.1. The van der Waals surface area contributed by atoms with Gasteiger partial charge in [0, 0.05) is 13.1 Å². The van der Waals surface area contributed by atoms with Crippen molar-refractivity contribution in [3.8, 4) is 5.75 Å². The maximum atomic E-state index is 11.7. The number of amides is 2. The number of carbonyl (C=O) groups excluding carboxylic acids is 1. The Bertz CT molecular complexity index is 474. The maximum absolute atomic E-state index is 11.7. The topological polar surface area (TPSA) is 61.4 Å². The van der Waals surface area contributed by atoms with Crippen molar-refractivity contribution in [2.24, 2.45) is 0 Å². The molecule has 0 saturated carbocycles. The van der Waals surface area contributed by atoms with E-state index in [2.05, 4.69) is 17.6 Å². The molecule has 1 rings (SSSR count). The molecule has 0 heterocycles. The number of nitrogens with one attached hydrogen (secondary N) is 2. The van der Waals surface area contributed by atoms with Gasteiger partial charge >= 0.3 is 6.03 Å². The summed E-state index contributed by atoms with van der Waals surface area (Å²) >= 11 is 0. The van der Waals surface area contributed by atoms with E-state index in [1.807, 2.05) is 12.1 Å². The summed E-state index contributed by atoms with van der Waals surface area (Å²) in [5.74, 6) is 0.325. The number of rotatable bonds is 16. The number of phenolic OH excluding ortho intramolecular Hbond substituents is 1. The number of unbranched alkanes of at least 4 members (excludes halogenated alkanes) is 10. The highest BCUT2D eigenvalue weighted by molar-refractivity contribution is 5.73. The Hall–Kier alpha value is -1.71. The molecule has 0 saturated heterocycles. The minimum atomic E-state index is -0.0259. The van der Waals surface area contributed by atoms with Crippen LogP contribution in [0, 0.1) is 0 Å². The van der Waals surface area contributed by atoms with Gasteiger partial charge in [-0.15, -0.1) is 0 Å². The van der Waals surface area contributed by atoms with E-state index in [-0.39, 0.29) is 6.03 Å². The standard InChI is InChI=1S/C23H40N2O2/c1-2-3-4-5-6-7-9-12-19-24-23(27)25-20-13-10-8-11-14-21-15-17-22(26)18-16-21/h15-18,26H,2-14,19-20H2,1H3,(H2,24,25,27). The molecule has 0 aliphatic heterocycles. The van der Waals surface area contributed by atoms with Crippen LogP contribution in [0.5, 0.6) is 5.75 Å². The molecular weight excluding hydrogens is 336 g/mol. The van der Waals surface area contributed by atoms with E-state index in [1.165, 1.54) is 56.9 Å². The highest BCUT2D eigenvalue weighted by atomic mass is 16.3. The normalized spacial score (nSPS) is 10.7. The third-order valence-electron chi connectivity index (χ3n) is 4.93.